The third kappa shape index (κ3) is 4.44. The average Bonchev–Trinajstić information content (AvgIpc) is 2.63. The van der Waals surface area contributed by atoms with Crippen molar-refractivity contribution in [3.8, 4) is 0 Å². The van der Waals surface area contributed by atoms with E-state index in [0.29, 0.717) is 23.8 Å². The van der Waals surface area contributed by atoms with Crippen molar-refractivity contribution >= 4 is 29.1 Å². The molecule has 0 aliphatic carbocycles. The van der Waals surface area contributed by atoms with Crippen LogP contribution in [0.15, 0.2) is 48.5 Å². The highest BCUT2D eigenvalue weighted by Crippen LogP contribution is 2.31. The van der Waals surface area contributed by atoms with Crippen molar-refractivity contribution in [2.75, 3.05) is 18.4 Å². The molecule has 26 heavy (non-hydrogen) atoms. The normalized spacial score (nSPS) is 19.9. The number of hydrogen-bond donors (Lipinski definition) is 1. The number of carbonyl (C=O) groups excluding carboxylic acids is 2. The molecule has 1 aliphatic heterocycles. The average molecular weight is 371 g/mol. The zero-order valence-electron chi connectivity index (χ0n) is 15.0. The summed E-state index contributed by atoms with van der Waals surface area (Å²) in [5, 5.41) is 3.57. The number of rotatable bonds is 3. The van der Waals surface area contributed by atoms with Gasteiger partial charge in [0.05, 0.1) is 5.92 Å². The standard InChI is InChI=1S/C21H23ClN2O2/c1-14-4-3-5-16(10-14)17-11-18(13-24(12-17)15(2)25)21(26)23-20-8-6-19(22)7-9-20/h3-10,17-18H,11-13H2,1-2H3,(H,23,26). The van der Waals surface area contributed by atoms with E-state index in [0.717, 1.165) is 6.42 Å². The Morgan fingerprint density at radius 1 is 1.12 bits per heavy atom. The lowest BCUT2D eigenvalue weighted by Crippen LogP contribution is -2.45. The van der Waals surface area contributed by atoms with Gasteiger partial charge in [0.15, 0.2) is 0 Å². The van der Waals surface area contributed by atoms with Crippen molar-refractivity contribution in [1.29, 1.82) is 0 Å². The third-order valence-corrected chi connectivity index (χ3v) is 5.14. The molecule has 2 amide bonds. The van der Waals surface area contributed by atoms with E-state index >= 15 is 0 Å². The zero-order valence-corrected chi connectivity index (χ0v) is 15.8. The number of nitrogens with zero attached hydrogens (tertiary/aromatic N) is 1. The van der Waals surface area contributed by atoms with Crippen molar-refractivity contribution in [3.05, 3.63) is 64.7 Å². The number of halogens is 1. The summed E-state index contributed by atoms with van der Waals surface area (Å²) in [6.45, 7) is 4.73. The molecule has 4 nitrogen and oxygen atoms in total. The summed E-state index contributed by atoms with van der Waals surface area (Å²) in [5.74, 6) is -0.134. The molecule has 0 saturated carbocycles. The molecule has 0 radical (unpaired) electrons. The van der Waals surface area contributed by atoms with Gasteiger partial charge < -0.3 is 10.2 Å². The molecule has 2 aromatic rings. The Bertz CT molecular complexity index is 804. The van der Waals surface area contributed by atoms with Crippen LogP contribution in [0.5, 0.6) is 0 Å². The molecule has 1 aliphatic rings. The molecule has 1 N–H and O–H groups in total. The molecule has 1 fully saturated rings. The number of hydrogen-bond acceptors (Lipinski definition) is 2. The van der Waals surface area contributed by atoms with Gasteiger partial charge in [-0.05, 0) is 43.2 Å². The number of piperidine rings is 1. The van der Waals surface area contributed by atoms with E-state index in [1.807, 2.05) is 6.07 Å². The van der Waals surface area contributed by atoms with Gasteiger partial charge in [-0.25, -0.2) is 0 Å². The number of aryl methyl sites for hydroxylation is 1. The molecule has 2 aromatic carbocycles. The van der Waals surface area contributed by atoms with Crippen LogP contribution in [0, 0.1) is 12.8 Å². The fourth-order valence-electron chi connectivity index (χ4n) is 3.49. The highest BCUT2D eigenvalue weighted by atomic mass is 35.5. The van der Waals surface area contributed by atoms with Crippen molar-refractivity contribution in [2.45, 2.75) is 26.2 Å². The van der Waals surface area contributed by atoms with Gasteiger partial charge in [0.2, 0.25) is 11.8 Å². The lowest BCUT2D eigenvalue weighted by atomic mass is 9.83. The number of benzene rings is 2. The van der Waals surface area contributed by atoms with Gasteiger partial charge in [-0.15, -0.1) is 0 Å². The SMILES string of the molecule is CC(=O)N1CC(C(=O)Nc2ccc(Cl)cc2)CC(c2cccc(C)c2)C1. The van der Waals surface area contributed by atoms with Crippen LogP contribution in [-0.2, 0) is 9.59 Å². The highest BCUT2D eigenvalue weighted by molar-refractivity contribution is 6.30. The Hall–Kier alpha value is -2.33. The Balaban J connectivity index is 1.77. The Labute approximate surface area is 159 Å². The molecular weight excluding hydrogens is 348 g/mol. The fraction of sp³-hybridized carbons (Fsp3) is 0.333. The van der Waals surface area contributed by atoms with Crippen LogP contribution in [0.3, 0.4) is 0 Å². The van der Waals surface area contributed by atoms with Crippen LogP contribution in [0.4, 0.5) is 5.69 Å². The lowest BCUT2D eigenvalue weighted by Gasteiger charge is -2.37. The van der Waals surface area contributed by atoms with E-state index in [1.54, 1.807) is 36.1 Å². The van der Waals surface area contributed by atoms with Gasteiger partial charge in [-0.1, -0.05) is 41.4 Å². The largest absolute Gasteiger partial charge is 0.342 e. The van der Waals surface area contributed by atoms with Gasteiger partial charge in [0, 0.05) is 36.6 Å². The predicted octanol–water partition coefficient (Wildman–Crippen LogP) is 4.24. The summed E-state index contributed by atoms with van der Waals surface area (Å²) in [7, 11) is 0. The molecule has 0 spiro atoms. The molecular formula is C21H23ClN2O2. The summed E-state index contributed by atoms with van der Waals surface area (Å²) in [6, 6.07) is 15.4. The number of amides is 2. The van der Waals surface area contributed by atoms with Gasteiger partial charge in [-0.2, -0.15) is 0 Å². The Morgan fingerprint density at radius 3 is 2.50 bits per heavy atom. The molecule has 3 rings (SSSR count). The maximum absolute atomic E-state index is 12.8. The number of likely N-dealkylation sites (tertiary alicyclic amines) is 1. The highest BCUT2D eigenvalue weighted by Gasteiger charge is 2.33. The second-order valence-electron chi connectivity index (χ2n) is 6.96. The van der Waals surface area contributed by atoms with Crippen LogP contribution in [0.1, 0.15) is 30.4 Å². The first-order valence-electron chi connectivity index (χ1n) is 8.81. The van der Waals surface area contributed by atoms with E-state index in [1.165, 1.54) is 11.1 Å². The second-order valence-corrected chi connectivity index (χ2v) is 7.40. The van der Waals surface area contributed by atoms with E-state index in [2.05, 4.69) is 30.4 Å². The van der Waals surface area contributed by atoms with Crippen LogP contribution in [-0.4, -0.2) is 29.8 Å². The maximum Gasteiger partial charge on any atom is 0.229 e. The minimum Gasteiger partial charge on any atom is -0.342 e. The second kappa shape index (κ2) is 7.92. The van der Waals surface area contributed by atoms with Gasteiger partial charge >= 0.3 is 0 Å². The summed E-state index contributed by atoms with van der Waals surface area (Å²) in [6.07, 6.45) is 0.729. The molecule has 1 heterocycles. The number of nitrogens with one attached hydrogen (secondary N) is 1. The first-order valence-corrected chi connectivity index (χ1v) is 9.18. The van der Waals surface area contributed by atoms with Crippen molar-refractivity contribution < 1.29 is 9.59 Å². The molecule has 2 atom stereocenters. The summed E-state index contributed by atoms with van der Waals surface area (Å²) in [5.41, 5.74) is 3.08. The predicted molar refractivity (Wildman–Crippen MR) is 104 cm³/mol. The van der Waals surface area contributed by atoms with Gasteiger partial charge in [-0.3, -0.25) is 9.59 Å². The minimum atomic E-state index is -0.242. The van der Waals surface area contributed by atoms with E-state index in [-0.39, 0.29) is 23.7 Å². The van der Waals surface area contributed by atoms with Crippen LogP contribution in [0.25, 0.3) is 0 Å². The molecule has 0 bridgehead atoms. The summed E-state index contributed by atoms with van der Waals surface area (Å²) in [4.78, 5) is 26.5. The van der Waals surface area contributed by atoms with E-state index < -0.39 is 0 Å². The summed E-state index contributed by atoms with van der Waals surface area (Å²) >= 11 is 5.89. The van der Waals surface area contributed by atoms with Crippen LogP contribution < -0.4 is 5.32 Å². The van der Waals surface area contributed by atoms with Crippen molar-refractivity contribution in [2.24, 2.45) is 5.92 Å². The molecule has 136 valence electrons. The van der Waals surface area contributed by atoms with Crippen LogP contribution in [0.2, 0.25) is 5.02 Å². The lowest BCUT2D eigenvalue weighted by molar-refractivity contribution is -0.133. The quantitative estimate of drug-likeness (QED) is 0.878. The molecule has 0 aromatic heterocycles. The number of anilines is 1. The molecule has 2 unspecified atom stereocenters. The van der Waals surface area contributed by atoms with Crippen molar-refractivity contribution in [3.63, 3.8) is 0 Å². The zero-order chi connectivity index (χ0) is 18.7. The van der Waals surface area contributed by atoms with E-state index in [4.69, 9.17) is 11.6 Å². The van der Waals surface area contributed by atoms with Gasteiger partial charge in [0.25, 0.3) is 0 Å². The molecule has 1 saturated heterocycles. The smallest absolute Gasteiger partial charge is 0.229 e. The van der Waals surface area contributed by atoms with Crippen molar-refractivity contribution in [1.82, 2.24) is 4.90 Å². The van der Waals surface area contributed by atoms with E-state index in [9.17, 15) is 9.59 Å². The molecule has 5 heteroatoms. The Kier molecular flexibility index (Phi) is 5.62. The first kappa shape index (κ1) is 18.5. The Morgan fingerprint density at radius 2 is 1.85 bits per heavy atom. The maximum atomic E-state index is 12.8. The number of carbonyl (C=O) groups is 2. The topological polar surface area (TPSA) is 49.4 Å². The summed E-state index contributed by atoms with van der Waals surface area (Å²) < 4.78 is 0. The monoisotopic (exact) mass is 370 g/mol. The minimum absolute atomic E-state index is 0.00615. The third-order valence-electron chi connectivity index (χ3n) is 4.89. The van der Waals surface area contributed by atoms with Gasteiger partial charge in [0.1, 0.15) is 0 Å². The van der Waals surface area contributed by atoms with Crippen LogP contribution >= 0.6 is 11.6 Å². The first-order chi connectivity index (χ1) is 12.4. The fourth-order valence-corrected chi connectivity index (χ4v) is 3.62.